The van der Waals surface area contributed by atoms with E-state index in [4.69, 9.17) is 4.74 Å². The molecule has 6 heteroatoms. The Morgan fingerprint density at radius 1 is 1.06 bits per heavy atom. The SMILES string of the molecule is CC(C)(C)c1ccc(C(=O)C[C@]2(O)C(=O)N(CN3CCOCC3)c3ccccc32)cc1. The number of aliphatic hydroxyl groups is 1. The van der Waals surface area contributed by atoms with Gasteiger partial charge in [0.15, 0.2) is 11.4 Å². The van der Waals surface area contributed by atoms with Crippen LogP contribution >= 0.6 is 0 Å². The maximum absolute atomic E-state index is 13.4. The van der Waals surface area contributed by atoms with Crippen LogP contribution in [0.3, 0.4) is 0 Å². The van der Waals surface area contributed by atoms with Crippen LogP contribution in [-0.4, -0.2) is 54.7 Å². The lowest BCUT2D eigenvalue weighted by Gasteiger charge is -2.31. The molecule has 0 bridgehead atoms. The lowest BCUT2D eigenvalue weighted by Crippen LogP contribution is -2.49. The van der Waals surface area contributed by atoms with Crippen molar-refractivity contribution in [1.82, 2.24) is 4.90 Å². The number of hydrogen-bond donors (Lipinski definition) is 1. The van der Waals surface area contributed by atoms with E-state index in [0.717, 1.165) is 18.7 Å². The van der Waals surface area contributed by atoms with Gasteiger partial charge in [0.1, 0.15) is 0 Å². The maximum Gasteiger partial charge on any atom is 0.265 e. The first-order valence-corrected chi connectivity index (χ1v) is 10.8. The molecule has 4 rings (SSSR count). The van der Waals surface area contributed by atoms with Gasteiger partial charge in [-0.15, -0.1) is 0 Å². The van der Waals surface area contributed by atoms with E-state index in [9.17, 15) is 14.7 Å². The molecule has 0 aliphatic carbocycles. The molecule has 1 N–H and O–H groups in total. The van der Waals surface area contributed by atoms with Gasteiger partial charge in [0, 0.05) is 24.2 Å². The summed E-state index contributed by atoms with van der Waals surface area (Å²) in [5.74, 6) is -0.695. The summed E-state index contributed by atoms with van der Waals surface area (Å²) in [4.78, 5) is 30.2. The van der Waals surface area contributed by atoms with E-state index in [1.807, 2.05) is 24.3 Å². The molecule has 1 saturated heterocycles. The molecule has 1 fully saturated rings. The first-order valence-electron chi connectivity index (χ1n) is 10.8. The number of ketones is 1. The zero-order valence-electron chi connectivity index (χ0n) is 18.4. The van der Waals surface area contributed by atoms with Crippen LogP contribution in [0, 0.1) is 0 Å². The van der Waals surface area contributed by atoms with Gasteiger partial charge in [-0.1, -0.05) is 63.2 Å². The minimum Gasteiger partial charge on any atom is -0.379 e. The lowest BCUT2D eigenvalue weighted by atomic mass is 9.85. The summed E-state index contributed by atoms with van der Waals surface area (Å²) in [6, 6.07) is 14.6. The molecule has 31 heavy (non-hydrogen) atoms. The third kappa shape index (κ3) is 4.15. The van der Waals surface area contributed by atoms with E-state index in [2.05, 4.69) is 25.7 Å². The minimum absolute atomic E-state index is 0.0138. The van der Waals surface area contributed by atoms with Crippen molar-refractivity contribution in [2.45, 2.75) is 38.2 Å². The molecule has 2 aromatic carbocycles. The van der Waals surface area contributed by atoms with Crippen LogP contribution in [0.5, 0.6) is 0 Å². The molecule has 2 aliphatic rings. The molecular weight excluding hydrogens is 392 g/mol. The fourth-order valence-corrected chi connectivity index (χ4v) is 4.25. The molecule has 0 aromatic heterocycles. The summed E-state index contributed by atoms with van der Waals surface area (Å²) in [5, 5.41) is 11.5. The van der Waals surface area contributed by atoms with Crippen LogP contribution in [-0.2, 0) is 20.5 Å². The molecule has 2 aliphatic heterocycles. The Morgan fingerprint density at radius 2 is 1.71 bits per heavy atom. The third-order valence-corrected chi connectivity index (χ3v) is 6.17. The third-order valence-electron chi connectivity index (χ3n) is 6.17. The molecular formula is C25H30N2O4. The summed E-state index contributed by atoms with van der Waals surface area (Å²) in [7, 11) is 0. The topological polar surface area (TPSA) is 70.1 Å². The quantitative estimate of drug-likeness (QED) is 0.750. The van der Waals surface area contributed by atoms with Crippen molar-refractivity contribution in [1.29, 1.82) is 0 Å². The van der Waals surface area contributed by atoms with Crippen LogP contribution in [0.15, 0.2) is 48.5 Å². The standard InChI is InChI=1S/C25H30N2O4/c1-24(2,3)19-10-8-18(9-11-19)22(28)16-25(30)20-6-4-5-7-21(20)27(23(25)29)17-26-12-14-31-15-13-26/h4-11,30H,12-17H2,1-3H3/t25-/m1/s1. The normalized spacial score (nSPS) is 21.9. The van der Waals surface area contributed by atoms with Crippen molar-refractivity contribution < 1.29 is 19.4 Å². The van der Waals surface area contributed by atoms with Crippen LogP contribution in [0.1, 0.15) is 48.7 Å². The first-order chi connectivity index (χ1) is 14.7. The lowest BCUT2D eigenvalue weighted by molar-refractivity contribution is -0.136. The number of para-hydroxylation sites is 1. The molecule has 6 nitrogen and oxygen atoms in total. The number of fused-ring (bicyclic) bond motifs is 1. The molecule has 0 radical (unpaired) electrons. The van der Waals surface area contributed by atoms with Crippen molar-refractivity contribution in [3.05, 3.63) is 65.2 Å². The van der Waals surface area contributed by atoms with Crippen molar-refractivity contribution in [3.63, 3.8) is 0 Å². The average Bonchev–Trinajstić information content (AvgIpc) is 2.96. The predicted octanol–water partition coefficient (Wildman–Crippen LogP) is 3.08. The number of anilines is 1. The second-order valence-corrected chi connectivity index (χ2v) is 9.41. The number of amides is 1. The molecule has 164 valence electrons. The van der Waals surface area contributed by atoms with Gasteiger partial charge >= 0.3 is 0 Å². The van der Waals surface area contributed by atoms with Gasteiger partial charge in [0.2, 0.25) is 0 Å². The first kappa shape index (κ1) is 21.7. The van der Waals surface area contributed by atoms with Crippen LogP contribution in [0.4, 0.5) is 5.69 Å². The van der Waals surface area contributed by atoms with Crippen LogP contribution < -0.4 is 4.90 Å². The van der Waals surface area contributed by atoms with Gasteiger partial charge in [0.05, 0.1) is 32.0 Å². The van der Waals surface area contributed by atoms with Crippen molar-refractivity contribution in [2.24, 2.45) is 0 Å². The predicted molar refractivity (Wildman–Crippen MR) is 119 cm³/mol. The number of nitrogens with zero attached hydrogens (tertiary/aromatic N) is 2. The second-order valence-electron chi connectivity index (χ2n) is 9.41. The van der Waals surface area contributed by atoms with Gasteiger partial charge in [0.25, 0.3) is 5.91 Å². The highest BCUT2D eigenvalue weighted by Crippen LogP contribution is 2.43. The number of rotatable bonds is 5. The average molecular weight is 423 g/mol. The Morgan fingerprint density at radius 3 is 2.35 bits per heavy atom. The van der Waals surface area contributed by atoms with Gasteiger partial charge < -0.3 is 9.84 Å². The Hall–Kier alpha value is -2.54. The fraction of sp³-hybridized carbons (Fsp3) is 0.440. The second kappa shape index (κ2) is 8.19. The molecule has 0 unspecified atom stereocenters. The summed E-state index contributed by atoms with van der Waals surface area (Å²) < 4.78 is 5.39. The van der Waals surface area contributed by atoms with Crippen LogP contribution in [0.2, 0.25) is 0 Å². The smallest absolute Gasteiger partial charge is 0.265 e. The zero-order valence-corrected chi connectivity index (χ0v) is 18.4. The molecule has 0 saturated carbocycles. The van der Waals surface area contributed by atoms with E-state index >= 15 is 0 Å². The van der Waals surface area contributed by atoms with E-state index in [-0.39, 0.29) is 17.6 Å². The molecule has 0 spiro atoms. The molecule has 1 amide bonds. The number of hydrogen-bond acceptors (Lipinski definition) is 5. The Balaban J connectivity index is 1.58. The van der Waals surface area contributed by atoms with Gasteiger partial charge in [-0.2, -0.15) is 0 Å². The Bertz CT molecular complexity index is 974. The minimum atomic E-state index is -1.86. The number of Topliss-reactive ketones (excluding diaryl/α,β-unsaturated/α-hetero) is 1. The van der Waals surface area contributed by atoms with Crippen molar-refractivity contribution >= 4 is 17.4 Å². The Labute approximate surface area is 183 Å². The summed E-state index contributed by atoms with van der Waals surface area (Å²) in [6.07, 6.45) is -0.280. The number of benzene rings is 2. The highest BCUT2D eigenvalue weighted by molar-refractivity contribution is 6.10. The number of ether oxygens (including phenoxy) is 1. The van der Waals surface area contributed by atoms with E-state index in [1.165, 1.54) is 0 Å². The van der Waals surface area contributed by atoms with E-state index in [0.29, 0.717) is 36.7 Å². The number of carbonyl (C=O) groups excluding carboxylic acids is 2. The van der Waals surface area contributed by atoms with E-state index in [1.54, 1.807) is 29.2 Å². The highest BCUT2D eigenvalue weighted by Gasteiger charge is 2.51. The van der Waals surface area contributed by atoms with Gasteiger partial charge in [-0.25, -0.2) is 0 Å². The summed E-state index contributed by atoms with van der Waals surface area (Å²) >= 11 is 0. The summed E-state index contributed by atoms with van der Waals surface area (Å²) in [6.45, 7) is 9.41. The molecule has 2 aromatic rings. The monoisotopic (exact) mass is 422 g/mol. The Kier molecular flexibility index (Phi) is 5.73. The van der Waals surface area contributed by atoms with Gasteiger partial charge in [-0.3, -0.25) is 19.4 Å². The zero-order chi connectivity index (χ0) is 22.2. The van der Waals surface area contributed by atoms with Crippen molar-refractivity contribution in [3.8, 4) is 0 Å². The van der Waals surface area contributed by atoms with Gasteiger partial charge in [-0.05, 0) is 17.0 Å². The highest BCUT2D eigenvalue weighted by atomic mass is 16.5. The largest absolute Gasteiger partial charge is 0.379 e. The van der Waals surface area contributed by atoms with Crippen molar-refractivity contribution in [2.75, 3.05) is 37.9 Å². The summed E-state index contributed by atoms with van der Waals surface area (Å²) in [5.41, 5.74) is 0.911. The maximum atomic E-state index is 13.4. The van der Waals surface area contributed by atoms with E-state index < -0.39 is 11.5 Å². The molecule has 1 atom stereocenters. The number of carbonyl (C=O) groups is 2. The fourth-order valence-electron chi connectivity index (χ4n) is 4.25. The molecule has 2 heterocycles. The van der Waals surface area contributed by atoms with Crippen LogP contribution in [0.25, 0.3) is 0 Å². The number of morpholine rings is 1.